The Hall–Kier alpha value is -3.03. The Morgan fingerprint density at radius 3 is 2.82 bits per heavy atom. The summed E-state index contributed by atoms with van der Waals surface area (Å²) in [4.78, 5) is 27.3. The summed E-state index contributed by atoms with van der Waals surface area (Å²) in [6.07, 6.45) is 9.31. The van der Waals surface area contributed by atoms with E-state index in [2.05, 4.69) is 36.3 Å². The molecule has 2 aliphatic rings. The van der Waals surface area contributed by atoms with E-state index in [-0.39, 0.29) is 5.91 Å². The van der Waals surface area contributed by atoms with Crippen molar-refractivity contribution in [3.05, 3.63) is 28.5 Å². The van der Waals surface area contributed by atoms with E-state index in [1.54, 1.807) is 22.3 Å². The van der Waals surface area contributed by atoms with Crippen molar-refractivity contribution >= 4 is 39.1 Å². The summed E-state index contributed by atoms with van der Waals surface area (Å²) in [6.45, 7) is 4.14. The molecule has 1 amide bonds. The number of nitriles is 1. The van der Waals surface area contributed by atoms with Crippen molar-refractivity contribution in [3.8, 4) is 6.07 Å². The number of hydrogen-bond donors (Lipinski definition) is 1. The first kappa shape index (κ1) is 21.8. The van der Waals surface area contributed by atoms with Crippen molar-refractivity contribution < 1.29 is 4.79 Å². The van der Waals surface area contributed by atoms with Gasteiger partial charge in [0.05, 0.1) is 17.1 Å². The normalized spacial score (nSPS) is 16.9. The highest BCUT2D eigenvalue weighted by molar-refractivity contribution is 7.16. The zero-order valence-corrected chi connectivity index (χ0v) is 19.7. The average Bonchev–Trinajstić information content (AvgIpc) is 3.28. The molecule has 3 aromatic rings. The van der Waals surface area contributed by atoms with E-state index in [4.69, 9.17) is 0 Å². The van der Waals surface area contributed by atoms with Crippen LogP contribution < -0.4 is 10.2 Å². The smallest absolute Gasteiger partial charge is 0.226 e. The van der Waals surface area contributed by atoms with Crippen molar-refractivity contribution in [1.82, 2.24) is 24.6 Å². The number of rotatable bonds is 5. The summed E-state index contributed by atoms with van der Waals surface area (Å²) < 4.78 is 1.76. The number of aromatic nitrogens is 4. The number of aryl methyl sites for hydroxylation is 2. The van der Waals surface area contributed by atoms with Crippen molar-refractivity contribution in [2.75, 3.05) is 42.9 Å². The highest BCUT2D eigenvalue weighted by Crippen LogP contribution is 2.37. The zero-order chi connectivity index (χ0) is 22.8. The fourth-order valence-corrected chi connectivity index (χ4v) is 6.04. The minimum Gasteiger partial charge on any atom is -0.353 e. The average molecular weight is 465 g/mol. The maximum absolute atomic E-state index is 12.7. The molecule has 172 valence electrons. The van der Waals surface area contributed by atoms with Crippen molar-refractivity contribution in [3.63, 3.8) is 0 Å². The lowest BCUT2D eigenvalue weighted by Crippen LogP contribution is -2.47. The van der Waals surface area contributed by atoms with Crippen LogP contribution in [0.25, 0.3) is 11.0 Å². The van der Waals surface area contributed by atoms with Crippen molar-refractivity contribution in [2.24, 2.45) is 7.05 Å². The molecule has 0 radical (unpaired) electrons. The maximum Gasteiger partial charge on any atom is 0.226 e. The largest absolute Gasteiger partial charge is 0.353 e. The maximum atomic E-state index is 12.7. The fraction of sp³-hybridized carbons (Fsp3) is 0.522. The number of fused-ring (bicyclic) bond motifs is 2. The van der Waals surface area contributed by atoms with Crippen LogP contribution in [0.3, 0.4) is 0 Å². The van der Waals surface area contributed by atoms with Crippen LogP contribution in [0.4, 0.5) is 10.8 Å². The lowest BCUT2D eigenvalue weighted by Gasteiger charge is -2.35. The summed E-state index contributed by atoms with van der Waals surface area (Å²) in [5.74, 6) is 0.908. The predicted molar refractivity (Wildman–Crippen MR) is 128 cm³/mol. The highest BCUT2D eigenvalue weighted by Gasteiger charge is 2.23. The van der Waals surface area contributed by atoms with Gasteiger partial charge in [-0.1, -0.05) is 6.42 Å². The number of hydrogen-bond acceptors (Lipinski definition) is 8. The molecule has 5 rings (SSSR count). The summed E-state index contributed by atoms with van der Waals surface area (Å²) in [5.41, 5.74) is 2.69. The minimum absolute atomic E-state index is 0.0155. The summed E-state index contributed by atoms with van der Waals surface area (Å²) in [5, 5.41) is 18.7. The third-order valence-electron chi connectivity index (χ3n) is 6.62. The van der Waals surface area contributed by atoms with E-state index in [0.29, 0.717) is 18.5 Å². The number of nitrogens with zero attached hydrogens (tertiary/aromatic N) is 7. The summed E-state index contributed by atoms with van der Waals surface area (Å²) >= 11 is 1.60. The number of carbonyl (C=O) groups is 1. The number of amides is 1. The zero-order valence-electron chi connectivity index (χ0n) is 18.9. The molecule has 0 unspecified atom stereocenters. The molecule has 0 atom stereocenters. The molecule has 3 aromatic heterocycles. The first-order chi connectivity index (χ1) is 16.1. The standard InChI is InChI=1S/C23H28N8OS/c1-29-21-18(14-27-29)22(26-15-25-21)31-11-9-30(10-12-31)8-7-20(32)28-23-17(13-24)16-5-3-2-4-6-19(16)33-23/h14-15H,2-12H2,1H3,(H,28,32). The van der Waals surface area contributed by atoms with Crippen LogP contribution in [0.15, 0.2) is 12.5 Å². The van der Waals surface area contributed by atoms with Gasteiger partial charge in [0.25, 0.3) is 0 Å². The monoisotopic (exact) mass is 464 g/mol. The number of nitrogens with one attached hydrogen (secondary N) is 1. The van der Waals surface area contributed by atoms with Crippen LogP contribution in [0.2, 0.25) is 0 Å². The van der Waals surface area contributed by atoms with Gasteiger partial charge in [0.1, 0.15) is 23.2 Å². The van der Waals surface area contributed by atoms with Crippen LogP contribution in [-0.4, -0.2) is 63.3 Å². The van der Waals surface area contributed by atoms with Gasteiger partial charge in [-0.25, -0.2) is 9.97 Å². The van der Waals surface area contributed by atoms with Crippen LogP contribution in [0, 0.1) is 11.3 Å². The Kier molecular flexibility index (Phi) is 6.24. The van der Waals surface area contributed by atoms with Gasteiger partial charge in [0.15, 0.2) is 5.65 Å². The molecule has 0 bridgehead atoms. The predicted octanol–water partition coefficient (Wildman–Crippen LogP) is 2.72. The van der Waals surface area contributed by atoms with E-state index in [9.17, 15) is 10.1 Å². The second-order valence-electron chi connectivity index (χ2n) is 8.71. The van der Waals surface area contributed by atoms with Gasteiger partial charge < -0.3 is 10.2 Å². The molecular weight excluding hydrogens is 436 g/mol. The summed E-state index contributed by atoms with van der Waals surface area (Å²) in [6, 6.07) is 2.34. The Balaban J connectivity index is 1.15. The molecule has 0 aromatic carbocycles. The molecule has 10 heteroatoms. The van der Waals surface area contributed by atoms with Crippen LogP contribution >= 0.6 is 11.3 Å². The second-order valence-corrected chi connectivity index (χ2v) is 9.82. The van der Waals surface area contributed by atoms with Gasteiger partial charge in [0, 0.05) is 51.1 Å². The van der Waals surface area contributed by atoms with Gasteiger partial charge in [-0.15, -0.1) is 11.3 Å². The van der Waals surface area contributed by atoms with E-state index in [1.165, 1.54) is 23.3 Å². The summed E-state index contributed by atoms with van der Waals surface area (Å²) in [7, 11) is 1.88. The lowest BCUT2D eigenvalue weighted by molar-refractivity contribution is -0.116. The molecule has 4 heterocycles. The first-order valence-electron chi connectivity index (χ1n) is 11.6. The topological polar surface area (TPSA) is 103 Å². The van der Waals surface area contributed by atoms with Crippen LogP contribution in [-0.2, 0) is 24.7 Å². The molecule has 1 aliphatic heterocycles. The van der Waals surface area contributed by atoms with Gasteiger partial charge in [0.2, 0.25) is 5.91 Å². The van der Waals surface area contributed by atoms with Crippen molar-refractivity contribution in [1.29, 1.82) is 5.26 Å². The van der Waals surface area contributed by atoms with E-state index >= 15 is 0 Å². The van der Waals surface area contributed by atoms with Crippen LogP contribution in [0.1, 0.15) is 41.7 Å². The minimum atomic E-state index is -0.0155. The van der Waals surface area contributed by atoms with E-state index in [1.807, 2.05) is 13.2 Å². The second kappa shape index (κ2) is 9.45. The van der Waals surface area contributed by atoms with Gasteiger partial charge in [-0.05, 0) is 31.2 Å². The third kappa shape index (κ3) is 4.43. The molecule has 1 saturated heterocycles. The SMILES string of the molecule is Cn1ncc2c(N3CCN(CCC(=O)Nc4sc5c(c4C#N)CCCCC5)CC3)ncnc21. The highest BCUT2D eigenvalue weighted by atomic mass is 32.1. The first-order valence-corrected chi connectivity index (χ1v) is 12.4. The number of thiophene rings is 1. The van der Waals surface area contributed by atoms with Gasteiger partial charge in [-0.2, -0.15) is 10.4 Å². The molecule has 0 saturated carbocycles. The van der Waals surface area contributed by atoms with Gasteiger partial charge >= 0.3 is 0 Å². The Bertz CT molecular complexity index is 1200. The Labute approximate surface area is 197 Å². The molecular formula is C23H28N8OS. The number of carbonyl (C=O) groups excluding carboxylic acids is 1. The van der Waals surface area contributed by atoms with E-state index < -0.39 is 0 Å². The molecule has 1 fully saturated rings. The lowest BCUT2D eigenvalue weighted by atomic mass is 10.1. The van der Waals surface area contributed by atoms with E-state index in [0.717, 1.165) is 67.3 Å². The Morgan fingerprint density at radius 2 is 2.00 bits per heavy atom. The fourth-order valence-electron chi connectivity index (χ4n) is 4.78. The van der Waals surface area contributed by atoms with Crippen molar-refractivity contribution in [2.45, 2.75) is 38.5 Å². The molecule has 33 heavy (non-hydrogen) atoms. The number of piperazine rings is 1. The quantitative estimate of drug-likeness (QED) is 0.579. The Morgan fingerprint density at radius 1 is 1.18 bits per heavy atom. The molecule has 1 N–H and O–H groups in total. The molecule has 9 nitrogen and oxygen atoms in total. The number of anilines is 2. The molecule has 1 aliphatic carbocycles. The third-order valence-corrected chi connectivity index (χ3v) is 7.83. The molecule has 0 spiro atoms. The van der Waals surface area contributed by atoms with Gasteiger partial charge in [-0.3, -0.25) is 14.4 Å². The van der Waals surface area contributed by atoms with Crippen LogP contribution in [0.5, 0.6) is 0 Å².